The summed E-state index contributed by atoms with van der Waals surface area (Å²) in [5.74, 6) is 0. The first kappa shape index (κ1) is 11.3. The van der Waals surface area contributed by atoms with E-state index in [1.165, 1.54) is 0 Å². The zero-order valence-corrected chi connectivity index (χ0v) is 9.09. The molecule has 1 heterocycles. The molecule has 0 atom stereocenters. The second kappa shape index (κ2) is 4.75. The minimum Gasteiger partial charge on any atom is -0.378 e. The van der Waals surface area contributed by atoms with Gasteiger partial charge < -0.3 is 11.1 Å². The van der Waals surface area contributed by atoms with Crippen LogP contribution in [0, 0.1) is 10.1 Å². The lowest BCUT2D eigenvalue weighted by Gasteiger charge is -2.07. The maximum Gasteiger partial charge on any atom is 0.301 e. The number of nitro groups is 1. The highest BCUT2D eigenvalue weighted by atomic mass is 16.6. The van der Waals surface area contributed by atoms with Crippen molar-refractivity contribution in [2.45, 2.75) is 0 Å². The third-order valence-corrected chi connectivity index (χ3v) is 2.40. The van der Waals surface area contributed by atoms with E-state index in [1.54, 1.807) is 30.5 Å². The highest BCUT2D eigenvalue weighted by Crippen LogP contribution is 2.32. The van der Waals surface area contributed by atoms with Crippen LogP contribution in [0.1, 0.15) is 0 Å². The first-order valence-corrected chi connectivity index (χ1v) is 5.20. The van der Waals surface area contributed by atoms with Gasteiger partial charge in [0.2, 0.25) is 0 Å². The highest BCUT2D eigenvalue weighted by Gasteiger charge is 2.18. The minimum absolute atomic E-state index is 0.0454. The first-order valence-electron chi connectivity index (χ1n) is 5.20. The van der Waals surface area contributed by atoms with Crippen LogP contribution in [0.25, 0.3) is 10.9 Å². The number of hydrogen-bond donors (Lipinski definition) is 2. The molecule has 0 radical (unpaired) electrons. The van der Waals surface area contributed by atoms with Gasteiger partial charge in [0.25, 0.3) is 0 Å². The van der Waals surface area contributed by atoms with Gasteiger partial charge >= 0.3 is 5.69 Å². The zero-order chi connectivity index (χ0) is 12.3. The molecule has 0 aliphatic heterocycles. The number of anilines is 1. The van der Waals surface area contributed by atoms with Crippen molar-refractivity contribution in [2.75, 3.05) is 18.4 Å². The smallest absolute Gasteiger partial charge is 0.301 e. The standard InChI is InChI=1S/C11H12N4O2/c12-5-7-14-10-4-3-9-8(2-1-6-13-9)11(10)15(16)17/h1-4,6,14H,5,7,12H2. The number of pyridine rings is 1. The van der Waals surface area contributed by atoms with E-state index in [0.717, 1.165) is 0 Å². The molecule has 0 unspecified atom stereocenters. The average molecular weight is 232 g/mol. The topological polar surface area (TPSA) is 94.1 Å². The second-order valence-corrected chi connectivity index (χ2v) is 3.50. The summed E-state index contributed by atoms with van der Waals surface area (Å²) in [6.07, 6.45) is 1.61. The van der Waals surface area contributed by atoms with Crippen molar-refractivity contribution < 1.29 is 4.92 Å². The number of nitro benzene ring substituents is 1. The fourth-order valence-corrected chi connectivity index (χ4v) is 1.68. The number of aromatic nitrogens is 1. The van der Waals surface area contributed by atoms with Crippen LogP contribution in [-0.2, 0) is 0 Å². The number of rotatable bonds is 4. The fraction of sp³-hybridized carbons (Fsp3) is 0.182. The molecule has 0 saturated carbocycles. The highest BCUT2D eigenvalue weighted by molar-refractivity contribution is 5.94. The van der Waals surface area contributed by atoms with Gasteiger partial charge in [-0.05, 0) is 24.3 Å². The largest absolute Gasteiger partial charge is 0.378 e. The summed E-state index contributed by atoms with van der Waals surface area (Å²) in [5, 5.41) is 14.6. The lowest BCUT2D eigenvalue weighted by atomic mass is 10.1. The molecule has 1 aromatic carbocycles. The molecule has 0 fully saturated rings. The Morgan fingerprint density at radius 2 is 2.24 bits per heavy atom. The van der Waals surface area contributed by atoms with Crippen LogP contribution >= 0.6 is 0 Å². The molecule has 0 amide bonds. The third-order valence-electron chi connectivity index (χ3n) is 2.40. The number of hydrogen-bond acceptors (Lipinski definition) is 5. The molecule has 88 valence electrons. The van der Waals surface area contributed by atoms with E-state index >= 15 is 0 Å². The molecule has 2 aromatic rings. The van der Waals surface area contributed by atoms with E-state index < -0.39 is 4.92 Å². The Labute approximate surface area is 97.6 Å². The number of benzene rings is 1. The van der Waals surface area contributed by atoms with Crippen molar-refractivity contribution in [3.63, 3.8) is 0 Å². The summed E-state index contributed by atoms with van der Waals surface area (Å²) < 4.78 is 0. The molecular weight excluding hydrogens is 220 g/mol. The molecule has 0 saturated heterocycles. The van der Waals surface area contributed by atoms with Gasteiger partial charge in [0.1, 0.15) is 5.69 Å². The number of fused-ring (bicyclic) bond motifs is 1. The Bertz CT molecular complexity index is 556. The lowest BCUT2D eigenvalue weighted by molar-refractivity contribution is -0.382. The van der Waals surface area contributed by atoms with Gasteiger partial charge in [-0.1, -0.05) is 0 Å². The number of nitrogens with one attached hydrogen (secondary N) is 1. The zero-order valence-electron chi connectivity index (χ0n) is 9.09. The van der Waals surface area contributed by atoms with E-state index in [9.17, 15) is 10.1 Å². The van der Waals surface area contributed by atoms with Crippen LogP contribution in [-0.4, -0.2) is 23.0 Å². The van der Waals surface area contributed by atoms with Gasteiger partial charge in [0, 0.05) is 19.3 Å². The van der Waals surface area contributed by atoms with E-state index in [4.69, 9.17) is 5.73 Å². The van der Waals surface area contributed by atoms with Crippen molar-refractivity contribution >= 4 is 22.3 Å². The number of nitrogens with zero attached hydrogens (tertiary/aromatic N) is 2. The molecule has 6 nitrogen and oxygen atoms in total. The van der Waals surface area contributed by atoms with Gasteiger partial charge in [-0.15, -0.1) is 0 Å². The van der Waals surface area contributed by atoms with Gasteiger partial charge in [0.15, 0.2) is 0 Å². The summed E-state index contributed by atoms with van der Waals surface area (Å²) in [6, 6.07) is 6.78. The SMILES string of the molecule is NCCNc1ccc2ncccc2c1[N+](=O)[O-]. The monoisotopic (exact) mass is 232 g/mol. The molecule has 2 rings (SSSR count). The van der Waals surface area contributed by atoms with Crippen LogP contribution in [0.3, 0.4) is 0 Å². The molecule has 3 N–H and O–H groups in total. The molecule has 1 aromatic heterocycles. The molecule has 0 aliphatic rings. The molecule has 6 heteroatoms. The van der Waals surface area contributed by atoms with E-state index in [2.05, 4.69) is 10.3 Å². The van der Waals surface area contributed by atoms with Gasteiger partial charge in [-0.3, -0.25) is 15.1 Å². The van der Waals surface area contributed by atoms with Crippen molar-refractivity contribution in [1.29, 1.82) is 0 Å². The van der Waals surface area contributed by atoms with Crippen LogP contribution in [0.2, 0.25) is 0 Å². The van der Waals surface area contributed by atoms with Crippen molar-refractivity contribution in [3.8, 4) is 0 Å². The predicted octanol–water partition coefficient (Wildman–Crippen LogP) is 1.51. The summed E-state index contributed by atoms with van der Waals surface area (Å²) in [7, 11) is 0. The molecule has 17 heavy (non-hydrogen) atoms. The van der Waals surface area contributed by atoms with E-state index in [1.807, 2.05) is 0 Å². The molecule has 0 bridgehead atoms. The quantitative estimate of drug-likeness (QED) is 0.615. The Morgan fingerprint density at radius 1 is 1.41 bits per heavy atom. The summed E-state index contributed by atoms with van der Waals surface area (Å²) in [6.45, 7) is 0.912. The second-order valence-electron chi connectivity index (χ2n) is 3.50. The summed E-state index contributed by atoms with van der Waals surface area (Å²) in [4.78, 5) is 14.8. The van der Waals surface area contributed by atoms with Crippen molar-refractivity contribution in [1.82, 2.24) is 4.98 Å². The van der Waals surface area contributed by atoms with Crippen LogP contribution in [0.5, 0.6) is 0 Å². The molecular formula is C11H12N4O2. The Morgan fingerprint density at radius 3 is 2.94 bits per heavy atom. The Kier molecular flexibility index (Phi) is 3.15. The lowest BCUT2D eigenvalue weighted by Crippen LogP contribution is -2.14. The van der Waals surface area contributed by atoms with Crippen LogP contribution in [0.15, 0.2) is 30.5 Å². The van der Waals surface area contributed by atoms with Crippen LogP contribution in [0.4, 0.5) is 11.4 Å². The third kappa shape index (κ3) is 2.16. The maximum absolute atomic E-state index is 11.1. The summed E-state index contributed by atoms with van der Waals surface area (Å²) in [5.41, 5.74) is 6.50. The summed E-state index contributed by atoms with van der Waals surface area (Å²) >= 11 is 0. The molecule has 0 spiro atoms. The number of nitrogens with two attached hydrogens (primary N) is 1. The molecule has 0 aliphatic carbocycles. The van der Waals surface area contributed by atoms with Gasteiger partial charge in [0.05, 0.1) is 15.8 Å². The predicted molar refractivity (Wildman–Crippen MR) is 65.9 cm³/mol. The van der Waals surface area contributed by atoms with Crippen molar-refractivity contribution in [3.05, 3.63) is 40.6 Å². The van der Waals surface area contributed by atoms with Gasteiger partial charge in [-0.25, -0.2) is 0 Å². The van der Waals surface area contributed by atoms with Gasteiger partial charge in [-0.2, -0.15) is 0 Å². The van der Waals surface area contributed by atoms with E-state index in [0.29, 0.717) is 29.7 Å². The fourth-order valence-electron chi connectivity index (χ4n) is 1.68. The van der Waals surface area contributed by atoms with Crippen molar-refractivity contribution in [2.24, 2.45) is 5.73 Å². The Balaban J connectivity index is 2.60. The van der Waals surface area contributed by atoms with E-state index in [-0.39, 0.29) is 5.69 Å². The first-order chi connectivity index (χ1) is 8.24. The maximum atomic E-state index is 11.1. The Hall–Kier alpha value is -2.21. The average Bonchev–Trinajstić information content (AvgIpc) is 2.35. The normalized spacial score (nSPS) is 10.4. The minimum atomic E-state index is -0.400. The van der Waals surface area contributed by atoms with Crippen LogP contribution < -0.4 is 11.1 Å².